The van der Waals surface area contributed by atoms with Gasteiger partial charge in [0.15, 0.2) is 0 Å². The van der Waals surface area contributed by atoms with Gasteiger partial charge < -0.3 is 20.9 Å². The maximum atomic E-state index is 11.8. The lowest BCUT2D eigenvalue weighted by Gasteiger charge is -2.23. The molecule has 100 valence electrons. The van der Waals surface area contributed by atoms with E-state index in [1.54, 1.807) is 0 Å². The van der Waals surface area contributed by atoms with Crippen molar-refractivity contribution < 1.29 is 14.6 Å². The van der Waals surface area contributed by atoms with Crippen molar-refractivity contribution in [2.45, 2.75) is 51.3 Å². The van der Waals surface area contributed by atoms with Crippen molar-refractivity contribution in [3.8, 4) is 0 Å². The normalized spacial score (nSPS) is 27.6. The third-order valence-electron chi connectivity index (χ3n) is 2.95. The molecule has 0 saturated carbocycles. The summed E-state index contributed by atoms with van der Waals surface area (Å²) in [6.45, 7) is 4.98. The van der Waals surface area contributed by atoms with Crippen molar-refractivity contribution in [3.63, 3.8) is 0 Å². The molecule has 0 aromatic rings. The van der Waals surface area contributed by atoms with Gasteiger partial charge in [-0.15, -0.1) is 0 Å². The fourth-order valence-corrected chi connectivity index (χ4v) is 1.99. The van der Waals surface area contributed by atoms with E-state index < -0.39 is 12.1 Å². The Kier molecular flexibility index (Phi) is 5.88. The standard InChI is InChI=1S/C12H24N2O3/c1-8(2)6-9(13)12(16)14-10-4-3-5-17-7-11(10)15/h8-11,15H,3-7,13H2,1-2H3,(H,14,16)/t9-,10+,11+/m0/s1. The van der Waals surface area contributed by atoms with Crippen LogP contribution in [0.2, 0.25) is 0 Å². The van der Waals surface area contributed by atoms with Crippen molar-refractivity contribution in [2.75, 3.05) is 13.2 Å². The molecule has 0 bridgehead atoms. The molecule has 5 nitrogen and oxygen atoms in total. The van der Waals surface area contributed by atoms with Crippen LogP contribution >= 0.6 is 0 Å². The molecule has 0 radical (unpaired) electrons. The van der Waals surface area contributed by atoms with Gasteiger partial charge in [0, 0.05) is 6.61 Å². The highest BCUT2D eigenvalue weighted by molar-refractivity contribution is 5.81. The van der Waals surface area contributed by atoms with Gasteiger partial charge in [-0.2, -0.15) is 0 Å². The van der Waals surface area contributed by atoms with Gasteiger partial charge in [-0.3, -0.25) is 4.79 Å². The molecule has 3 atom stereocenters. The largest absolute Gasteiger partial charge is 0.389 e. The van der Waals surface area contributed by atoms with Crippen LogP contribution in [0.1, 0.15) is 33.1 Å². The molecule has 1 rings (SSSR count). The van der Waals surface area contributed by atoms with Gasteiger partial charge >= 0.3 is 0 Å². The Morgan fingerprint density at radius 1 is 1.59 bits per heavy atom. The minimum absolute atomic E-state index is 0.176. The zero-order chi connectivity index (χ0) is 12.8. The minimum atomic E-state index is -0.632. The van der Waals surface area contributed by atoms with Crippen LogP contribution in [0.5, 0.6) is 0 Å². The van der Waals surface area contributed by atoms with E-state index in [0.717, 1.165) is 12.8 Å². The molecular weight excluding hydrogens is 220 g/mol. The lowest BCUT2D eigenvalue weighted by Crippen LogP contribution is -2.50. The smallest absolute Gasteiger partial charge is 0.237 e. The number of carbonyl (C=O) groups excluding carboxylic acids is 1. The quantitative estimate of drug-likeness (QED) is 0.650. The molecule has 17 heavy (non-hydrogen) atoms. The molecule has 1 fully saturated rings. The molecule has 1 heterocycles. The van der Waals surface area contributed by atoms with Crippen LogP contribution in [0, 0.1) is 5.92 Å². The Balaban J connectivity index is 2.42. The number of carbonyl (C=O) groups is 1. The second-order valence-electron chi connectivity index (χ2n) is 5.14. The zero-order valence-electron chi connectivity index (χ0n) is 10.7. The number of rotatable bonds is 4. The number of nitrogens with one attached hydrogen (secondary N) is 1. The molecular formula is C12H24N2O3. The number of hydrogen-bond donors (Lipinski definition) is 3. The minimum Gasteiger partial charge on any atom is -0.389 e. The SMILES string of the molecule is CC(C)C[C@H](N)C(=O)N[C@@H]1CCCOC[C@H]1O. The summed E-state index contributed by atoms with van der Waals surface area (Å²) in [7, 11) is 0. The first-order valence-electron chi connectivity index (χ1n) is 6.32. The van der Waals surface area contributed by atoms with Crippen molar-refractivity contribution >= 4 is 5.91 Å². The third kappa shape index (κ3) is 5.02. The van der Waals surface area contributed by atoms with E-state index in [1.165, 1.54) is 0 Å². The number of hydrogen-bond acceptors (Lipinski definition) is 4. The van der Waals surface area contributed by atoms with Crippen LogP contribution in [-0.2, 0) is 9.53 Å². The van der Waals surface area contributed by atoms with E-state index in [1.807, 2.05) is 13.8 Å². The van der Waals surface area contributed by atoms with Crippen molar-refractivity contribution in [1.29, 1.82) is 0 Å². The Hall–Kier alpha value is -0.650. The molecule has 1 aliphatic rings. The van der Waals surface area contributed by atoms with E-state index >= 15 is 0 Å². The average Bonchev–Trinajstić information content (AvgIpc) is 2.43. The van der Waals surface area contributed by atoms with Gasteiger partial charge in [0.05, 0.1) is 24.8 Å². The van der Waals surface area contributed by atoms with E-state index in [-0.39, 0.29) is 18.6 Å². The first-order valence-corrected chi connectivity index (χ1v) is 6.32. The zero-order valence-corrected chi connectivity index (χ0v) is 10.7. The van der Waals surface area contributed by atoms with E-state index in [2.05, 4.69) is 5.32 Å². The van der Waals surface area contributed by atoms with Gasteiger partial charge in [0.2, 0.25) is 5.91 Å². The van der Waals surface area contributed by atoms with Gasteiger partial charge in [0.1, 0.15) is 0 Å². The first kappa shape index (κ1) is 14.4. The lowest BCUT2D eigenvalue weighted by molar-refractivity contribution is -0.124. The number of aliphatic hydroxyl groups is 1. The molecule has 0 unspecified atom stereocenters. The summed E-state index contributed by atoms with van der Waals surface area (Å²) in [6, 6.07) is -0.727. The average molecular weight is 244 g/mol. The summed E-state index contributed by atoms with van der Waals surface area (Å²) in [5.74, 6) is 0.211. The predicted molar refractivity (Wildman–Crippen MR) is 65.4 cm³/mol. The molecule has 0 aromatic carbocycles. The van der Waals surface area contributed by atoms with Gasteiger partial charge in [-0.05, 0) is 25.2 Å². The van der Waals surface area contributed by atoms with Crippen LogP contribution in [0.4, 0.5) is 0 Å². The van der Waals surface area contributed by atoms with Gasteiger partial charge in [-0.1, -0.05) is 13.8 Å². The van der Waals surface area contributed by atoms with Crippen LogP contribution < -0.4 is 11.1 Å². The second kappa shape index (κ2) is 6.93. The number of aliphatic hydroxyl groups excluding tert-OH is 1. The molecule has 1 amide bonds. The highest BCUT2D eigenvalue weighted by atomic mass is 16.5. The van der Waals surface area contributed by atoms with Crippen LogP contribution in [0.15, 0.2) is 0 Å². The molecule has 4 N–H and O–H groups in total. The summed E-state index contributed by atoms with van der Waals surface area (Å²) in [6.07, 6.45) is 1.61. The molecule has 0 aromatic heterocycles. The van der Waals surface area contributed by atoms with Crippen molar-refractivity contribution in [3.05, 3.63) is 0 Å². The Morgan fingerprint density at radius 3 is 2.94 bits per heavy atom. The maximum absolute atomic E-state index is 11.8. The van der Waals surface area contributed by atoms with Crippen molar-refractivity contribution in [2.24, 2.45) is 11.7 Å². The summed E-state index contributed by atoms with van der Waals surface area (Å²) in [5, 5.41) is 12.6. The highest BCUT2D eigenvalue weighted by Crippen LogP contribution is 2.10. The molecule has 5 heteroatoms. The number of ether oxygens (including phenoxy) is 1. The summed E-state index contributed by atoms with van der Waals surface area (Å²) in [5.41, 5.74) is 5.79. The maximum Gasteiger partial charge on any atom is 0.237 e. The summed E-state index contributed by atoms with van der Waals surface area (Å²) < 4.78 is 5.21. The summed E-state index contributed by atoms with van der Waals surface area (Å²) in [4.78, 5) is 11.8. The van der Waals surface area contributed by atoms with E-state index in [0.29, 0.717) is 18.9 Å². The van der Waals surface area contributed by atoms with Crippen LogP contribution in [-0.4, -0.2) is 42.4 Å². The number of amides is 1. The first-order chi connectivity index (χ1) is 8.00. The van der Waals surface area contributed by atoms with Crippen molar-refractivity contribution in [1.82, 2.24) is 5.32 Å². The second-order valence-corrected chi connectivity index (χ2v) is 5.14. The Morgan fingerprint density at radius 2 is 2.29 bits per heavy atom. The fraction of sp³-hybridized carbons (Fsp3) is 0.917. The molecule has 1 saturated heterocycles. The summed E-state index contributed by atoms with van der Waals surface area (Å²) >= 11 is 0. The fourth-order valence-electron chi connectivity index (χ4n) is 1.99. The van der Waals surface area contributed by atoms with Crippen LogP contribution in [0.3, 0.4) is 0 Å². The van der Waals surface area contributed by atoms with E-state index in [9.17, 15) is 9.90 Å². The highest BCUT2D eigenvalue weighted by Gasteiger charge is 2.25. The van der Waals surface area contributed by atoms with Gasteiger partial charge in [0.25, 0.3) is 0 Å². The number of nitrogens with two attached hydrogens (primary N) is 1. The van der Waals surface area contributed by atoms with Gasteiger partial charge in [-0.25, -0.2) is 0 Å². The molecule has 1 aliphatic heterocycles. The Labute approximate surface area is 103 Å². The topological polar surface area (TPSA) is 84.6 Å². The molecule has 0 spiro atoms. The van der Waals surface area contributed by atoms with Crippen LogP contribution in [0.25, 0.3) is 0 Å². The third-order valence-corrected chi connectivity index (χ3v) is 2.95. The van der Waals surface area contributed by atoms with E-state index in [4.69, 9.17) is 10.5 Å². The monoisotopic (exact) mass is 244 g/mol. The Bertz CT molecular complexity index is 246. The predicted octanol–water partition coefficient (Wildman–Crippen LogP) is 0.0159. The molecule has 0 aliphatic carbocycles. The lowest BCUT2D eigenvalue weighted by atomic mass is 10.0.